The zero-order valence-electron chi connectivity index (χ0n) is 12.7. The summed E-state index contributed by atoms with van der Waals surface area (Å²) in [5, 5.41) is 4.68. The van der Waals surface area contributed by atoms with Gasteiger partial charge in [0.1, 0.15) is 29.7 Å². The van der Waals surface area contributed by atoms with Gasteiger partial charge in [-0.3, -0.25) is 0 Å². The fourth-order valence-corrected chi connectivity index (χ4v) is 3.38. The Morgan fingerprint density at radius 1 is 1.16 bits per heavy atom. The van der Waals surface area contributed by atoms with Gasteiger partial charge in [0.2, 0.25) is 5.28 Å². The molecule has 1 saturated heterocycles. The Morgan fingerprint density at radius 3 is 2.64 bits per heavy atom. The van der Waals surface area contributed by atoms with Crippen LogP contribution in [0.4, 0.5) is 8.78 Å². The highest BCUT2D eigenvalue weighted by atomic mass is 35.5. The van der Waals surface area contributed by atoms with Crippen molar-refractivity contribution in [3.8, 4) is 0 Å². The van der Waals surface area contributed by atoms with Gasteiger partial charge in [-0.15, -0.1) is 0 Å². The molecular formula is C17H11Cl2F2N3O. The molecule has 0 spiro atoms. The van der Waals surface area contributed by atoms with E-state index in [1.165, 1.54) is 23.1 Å². The number of epoxide rings is 1. The first kappa shape index (κ1) is 16.4. The van der Waals surface area contributed by atoms with Crippen LogP contribution in [-0.2, 0) is 16.9 Å². The number of hydrogen-bond acceptors (Lipinski definition) is 3. The van der Waals surface area contributed by atoms with E-state index in [0.717, 1.165) is 6.07 Å². The molecule has 25 heavy (non-hydrogen) atoms. The molecule has 8 heteroatoms. The number of halogens is 4. The molecule has 1 fully saturated rings. The molecule has 2 atom stereocenters. The number of aromatic nitrogens is 3. The summed E-state index contributed by atoms with van der Waals surface area (Å²) in [7, 11) is 0. The fraction of sp³-hybridized carbons (Fsp3) is 0.176. The molecule has 128 valence electrons. The van der Waals surface area contributed by atoms with Gasteiger partial charge in [-0.05, 0) is 23.7 Å². The number of benzene rings is 2. The van der Waals surface area contributed by atoms with Gasteiger partial charge in [0.15, 0.2) is 0 Å². The lowest BCUT2D eigenvalue weighted by molar-refractivity contribution is 0.256. The van der Waals surface area contributed by atoms with Crippen molar-refractivity contribution in [1.29, 1.82) is 0 Å². The largest absolute Gasteiger partial charge is 0.354 e. The second kappa shape index (κ2) is 6.05. The molecule has 2 unspecified atom stereocenters. The zero-order chi connectivity index (χ0) is 17.6. The lowest BCUT2D eigenvalue weighted by atomic mass is 9.91. The minimum atomic E-state index is -1.10. The van der Waals surface area contributed by atoms with E-state index >= 15 is 0 Å². The van der Waals surface area contributed by atoms with Crippen LogP contribution in [0.15, 0.2) is 48.8 Å². The van der Waals surface area contributed by atoms with Crippen LogP contribution in [-0.4, -0.2) is 14.8 Å². The Labute approximate surface area is 152 Å². The van der Waals surface area contributed by atoms with Crippen LogP contribution in [0.25, 0.3) is 0 Å². The first-order valence-electron chi connectivity index (χ1n) is 7.42. The molecule has 1 aliphatic rings. The summed E-state index contributed by atoms with van der Waals surface area (Å²) < 4.78 is 35.1. The molecule has 0 bridgehead atoms. The minimum absolute atomic E-state index is 0.115. The van der Waals surface area contributed by atoms with Crippen LogP contribution in [0.2, 0.25) is 10.3 Å². The molecule has 4 rings (SSSR count). The highest BCUT2D eigenvalue weighted by molar-refractivity contribution is 6.31. The van der Waals surface area contributed by atoms with Gasteiger partial charge in [-0.1, -0.05) is 35.9 Å². The molecule has 2 heterocycles. The summed E-state index contributed by atoms with van der Waals surface area (Å²) in [6.07, 6.45) is 0.783. The fourth-order valence-electron chi connectivity index (χ4n) is 3.00. The second-order valence-corrected chi connectivity index (χ2v) is 6.47. The van der Waals surface area contributed by atoms with Gasteiger partial charge in [0.05, 0.1) is 6.54 Å². The van der Waals surface area contributed by atoms with Crippen LogP contribution in [0.5, 0.6) is 0 Å². The van der Waals surface area contributed by atoms with E-state index in [1.807, 2.05) is 6.07 Å². The third kappa shape index (κ3) is 2.80. The Hall–Kier alpha value is -2.02. The number of hydrogen-bond donors (Lipinski definition) is 0. The summed E-state index contributed by atoms with van der Waals surface area (Å²) in [5.74, 6) is -1.36. The average Bonchev–Trinajstić information content (AvgIpc) is 3.14. The van der Waals surface area contributed by atoms with E-state index in [2.05, 4.69) is 10.1 Å². The monoisotopic (exact) mass is 381 g/mol. The van der Waals surface area contributed by atoms with Gasteiger partial charge in [0, 0.05) is 22.2 Å². The van der Waals surface area contributed by atoms with E-state index in [1.54, 1.807) is 18.2 Å². The highest BCUT2D eigenvalue weighted by Gasteiger charge is 2.61. The first-order valence-corrected chi connectivity index (χ1v) is 8.18. The number of ether oxygens (including phenoxy) is 1. The standard InChI is InChI=1S/C17H11Cl2F2N3O/c18-13-4-2-1-3-11(13)15-17(25-15,8-24-16(19)22-9-23-24)12-6-5-10(20)7-14(12)21/h1-7,9,15H,8H2. The minimum Gasteiger partial charge on any atom is -0.354 e. The Morgan fingerprint density at radius 2 is 1.96 bits per heavy atom. The van der Waals surface area contributed by atoms with Crippen LogP contribution in [0.3, 0.4) is 0 Å². The van der Waals surface area contributed by atoms with E-state index in [9.17, 15) is 8.78 Å². The molecule has 0 aliphatic carbocycles. The summed E-state index contributed by atoms with van der Waals surface area (Å²) in [4.78, 5) is 3.86. The van der Waals surface area contributed by atoms with Crippen molar-refractivity contribution in [2.24, 2.45) is 0 Å². The van der Waals surface area contributed by atoms with Crippen LogP contribution in [0, 0.1) is 11.6 Å². The van der Waals surface area contributed by atoms with Crippen molar-refractivity contribution >= 4 is 23.2 Å². The smallest absolute Gasteiger partial charge is 0.220 e. The van der Waals surface area contributed by atoms with Gasteiger partial charge in [-0.2, -0.15) is 5.10 Å². The van der Waals surface area contributed by atoms with E-state index in [-0.39, 0.29) is 17.4 Å². The average molecular weight is 382 g/mol. The van der Waals surface area contributed by atoms with Gasteiger partial charge in [0.25, 0.3) is 0 Å². The Bertz CT molecular complexity index is 949. The van der Waals surface area contributed by atoms with Crippen molar-refractivity contribution in [2.45, 2.75) is 18.2 Å². The van der Waals surface area contributed by atoms with Crippen molar-refractivity contribution in [3.05, 3.63) is 81.9 Å². The molecule has 3 aromatic rings. The molecular weight excluding hydrogens is 371 g/mol. The second-order valence-electron chi connectivity index (χ2n) is 5.72. The molecule has 4 nitrogen and oxygen atoms in total. The SMILES string of the molecule is Fc1ccc(C2(Cn3ncnc3Cl)OC2c2ccccc2Cl)c(F)c1. The Kier molecular flexibility index (Phi) is 3.98. The van der Waals surface area contributed by atoms with Gasteiger partial charge < -0.3 is 4.74 Å². The number of nitrogens with zero attached hydrogens (tertiary/aromatic N) is 3. The van der Waals surface area contributed by atoms with E-state index in [0.29, 0.717) is 10.6 Å². The van der Waals surface area contributed by atoms with Crippen LogP contribution < -0.4 is 0 Å². The summed E-state index contributed by atoms with van der Waals surface area (Å²) in [6.45, 7) is 0.115. The zero-order valence-corrected chi connectivity index (χ0v) is 14.2. The molecule has 0 radical (unpaired) electrons. The summed E-state index contributed by atoms with van der Waals surface area (Å²) in [5.41, 5.74) is -0.172. The van der Waals surface area contributed by atoms with E-state index in [4.69, 9.17) is 27.9 Å². The Balaban J connectivity index is 1.80. The maximum Gasteiger partial charge on any atom is 0.220 e. The quantitative estimate of drug-likeness (QED) is 0.623. The molecule has 0 N–H and O–H groups in total. The summed E-state index contributed by atoms with van der Waals surface area (Å²) in [6, 6.07) is 10.5. The van der Waals surface area contributed by atoms with Gasteiger partial charge >= 0.3 is 0 Å². The topological polar surface area (TPSA) is 43.2 Å². The van der Waals surface area contributed by atoms with Crippen molar-refractivity contribution in [2.75, 3.05) is 0 Å². The third-order valence-electron chi connectivity index (χ3n) is 4.22. The normalized spacial score (nSPS) is 22.2. The van der Waals surface area contributed by atoms with E-state index < -0.39 is 23.3 Å². The van der Waals surface area contributed by atoms with Crippen molar-refractivity contribution in [1.82, 2.24) is 14.8 Å². The molecule has 0 amide bonds. The highest BCUT2D eigenvalue weighted by Crippen LogP contribution is 2.59. The van der Waals surface area contributed by atoms with Crippen LogP contribution >= 0.6 is 23.2 Å². The van der Waals surface area contributed by atoms with Crippen LogP contribution in [0.1, 0.15) is 17.2 Å². The lowest BCUT2D eigenvalue weighted by Gasteiger charge is -2.15. The van der Waals surface area contributed by atoms with Crippen molar-refractivity contribution in [3.63, 3.8) is 0 Å². The molecule has 2 aromatic carbocycles. The molecule has 1 aliphatic heterocycles. The predicted molar refractivity (Wildman–Crippen MR) is 88.3 cm³/mol. The molecule has 1 aromatic heterocycles. The number of rotatable bonds is 4. The third-order valence-corrected chi connectivity index (χ3v) is 4.86. The first-order chi connectivity index (χ1) is 12.0. The molecule has 0 saturated carbocycles. The summed E-state index contributed by atoms with van der Waals surface area (Å²) >= 11 is 12.3. The van der Waals surface area contributed by atoms with Crippen molar-refractivity contribution < 1.29 is 13.5 Å². The maximum absolute atomic E-state index is 14.5. The maximum atomic E-state index is 14.5. The lowest BCUT2D eigenvalue weighted by Crippen LogP contribution is -2.21. The predicted octanol–water partition coefficient (Wildman–Crippen LogP) is 4.53. The van der Waals surface area contributed by atoms with Gasteiger partial charge in [-0.25, -0.2) is 18.4 Å².